The zero-order chi connectivity index (χ0) is 19.1. The number of aromatic hydroxyl groups is 1. The van der Waals surface area contributed by atoms with Crippen LogP contribution in [0.1, 0.15) is 16.7 Å². The molecule has 0 atom stereocenters. The van der Waals surface area contributed by atoms with Crippen molar-refractivity contribution in [2.24, 2.45) is 0 Å². The number of nitrogens with one attached hydrogen (secondary N) is 1. The summed E-state index contributed by atoms with van der Waals surface area (Å²) in [7, 11) is 0. The minimum Gasteiger partial charge on any atom is -0.493 e. The lowest BCUT2D eigenvalue weighted by Gasteiger charge is -2.14. The molecule has 0 amide bonds. The summed E-state index contributed by atoms with van der Waals surface area (Å²) in [4.78, 5) is 3.08. The lowest BCUT2D eigenvalue weighted by atomic mass is 10.0. The first kappa shape index (κ1) is 16.8. The maximum absolute atomic E-state index is 12.9. The molecule has 2 N–H and O–H groups in total. The van der Waals surface area contributed by atoms with Crippen molar-refractivity contribution in [3.63, 3.8) is 0 Å². The van der Waals surface area contributed by atoms with Gasteiger partial charge < -0.3 is 14.8 Å². The van der Waals surface area contributed by atoms with Crippen LogP contribution in [0.15, 0.2) is 36.5 Å². The van der Waals surface area contributed by atoms with Gasteiger partial charge in [0, 0.05) is 22.7 Å². The van der Waals surface area contributed by atoms with Gasteiger partial charge in [-0.15, -0.1) is 0 Å². The molecule has 6 nitrogen and oxygen atoms in total. The molecule has 2 aromatic heterocycles. The van der Waals surface area contributed by atoms with Gasteiger partial charge in [0.1, 0.15) is 5.75 Å². The smallest absolute Gasteiger partial charge is 0.387 e. The van der Waals surface area contributed by atoms with Gasteiger partial charge in [-0.25, -0.2) is 4.68 Å². The van der Waals surface area contributed by atoms with Crippen LogP contribution in [0.5, 0.6) is 11.6 Å². The van der Waals surface area contributed by atoms with Gasteiger partial charge in [0.25, 0.3) is 0 Å². The molecule has 2 heterocycles. The van der Waals surface area contributed by atoms with Crippen LogP contribution in [0.4, 0.5) is 8.78 Å². The molecule has 2 aromatic carbocycles. The summed E-state index contributed by atoms with van der Waals surface area (Å²) >= 11 is 0. The van der Waals surface area contributed by atoms with Crippen molar-refractivity contribution in [3.8, 4) is 17.7 Å². The molecule has 0 unspecified atom stereocenters. The fraction of sp³-hybridized carbons (Fsp3) is 0.158. The van der Waals surface area contributed by atoms with Gasteiger partial charge in [-0.2, -0.15) is 19.1 Å². The number of aromatic nitrogens is 3. The number of alkyl halides is 2. The Morgan fingerprint density at radius 1 is 1.30 bits per heavy atom. The third kappa shape index (κ3) is 2.83. The quantitative estimate of drug-likeness (QED) is 0.569. The second-order valence-corrected chi connectivity index (χ2v) is 6.14. The normalized spacial score (nSPS) is 11.4. The molecule has 0 fully saturated rings. The van der Waals surface area contributed by atoms with Crippen molar-refractivity contribution in [1.29, 1.82) is 5.26 Å². The SMILES string of the molecule is Cc1cc(OC(F)F)c(Cn2nc3ccc(C#N)cc3c2O)c2cc[nH]c12. The van der Waals surface area contributed by atoms with E-state index in [4.69, 9.17) is 10.00 Å². The van der Waals surface area contributed by atoms with Crippen molar-refractivity contribution < 1.29 is 18.6 Å². The molecule has 0 radical (unpaired) electrons. The van der Waals surface area contributed by atoms with Gasteiger partial charge in [0.2, 0.25) is 5.88 Å². The van der Waals surface area contributed by atoms with Gasteiger partial charge in [-0.3, -0.25) is 0 Å². The number of fused-ring (bicyclic) bond motifs is 2. The molecule has 27 heavy (non-hydrogen) atoms. The number of hydrogen-bond acceptors (Lipinski definition) is 4. The molecule has 0 aliphatic carbocycles. The van der Waals surface area contributed by atoms with E-state index in [9.17, 15) is 13.9 Å². The standard InChI is InChI=1S/C19H14F2N4O2/c1-10-6-16(27-19(20)21)14(12-4-5-23-17(10)12)9-25-18(26)13-7-11(8-22)2-3-15(13)24-25/h2-7,19,23,26H,9H2,1H3. The van der Waals surface area contributed by atoms with E-state index >= 15 is 0 Å². The molecule has 0 saturated heterocycles. The molecule has 0 aliphatic rings. The zero-order valence-corrected chi connectivity index (χ0v) is 14.2. The number of nitrogens with zero attached hydrogens (tertiary/aromatic N) is 3. The Labute approximate surface area is 152 Å². The van der Waals surface area contributed by atoms with Crippen molar-refractivity contribution in [3.05, 3.63) is 53.2 Å². The topological polar surface area (TPSA) is 86.9 Å². The number of halogens is 2. The second-order valence-electron chi connectivity index (χ2n) is 6.14. The van der Waals surface area contributed by atoms with Crippen molar-refractivity contribution >= 4 is 21.8 Å². The van der Waals surface area contributed by atoms with Crippen LogP contribution in [0.3, 0.4) is 0 Å². The highest BCUT2D eigenvalue weighted by Gasteiger charge is 2.19. The number of aromatic amines is 1. The Kier molecular flexibility index (Phi) is 3.92. The molecule has 8 heteroatoms. The number of nitriles is 1. The molecule has 0 saturated carbocycles. The summed E-state index contributed by atoms with van der Waals surface area (Å²) in [6, 6.07) is 10.1. The Balaban J connectivity index is 1.87. The molecule has 0 spiro atoms. The predicted octanol–water partition coefficient (Wildman–Crippen LogP) is 4.05. The molecule has 4 rings (SSSR count). The lowest BCUT2D eigenvalue weighted by Crippen LogP contribution is -2.09. The van der Waals surface area contributed by atoms with Gasteiger partial charge in [0.05, 0.1) is 29.1 Å². The van der Waals surface area contributed by atoms with Crippen LogP contribution >= 0.6 is 0 Å². The van der Waals surface area contributed by atoms with E-state index in [2.05, 4.69) is 10.1 Å². The third-order valence-corrected chi connectivity index (χ3v) is 4.47. The summed E-state index contributed by atoms with van der Waals surface area (Å²) in [5, 5.41) is 25.0. The molecule has 136 valence electrons. The number of rotatable bonds is 4. The predicted molar refractivity (Wildman–Crippen MR) is 94.9 cm³/mol. The van der Waals surface area contributed by atoms with Crippen molar-refractivity contribution in [1.82, 2.24) is 14.8 Å². The van der Waals surface area contributed by atoms with Gasteiger partial charge in [-0.1, -0.05) is 0 Å². The van der Waals surface area contributed by atoms with E-state index in [1.54, 1.807) is 31.3 Å². The van der Waals surface area contributed by atoms with E-state index in [1.165, 1.54) is 16.8 Å². The van der Waals surface area contributed by atoms with Gasteiger partial charge in [0.15, 0.2) is 0 Å². The first-order valence-corrected chi connectivity index (χ1v) is 8.12. The van der Waals surface area contributed by atoms with Crippen LogP contribution in [0.25, 0.3) is 21.8 Å². The van der Waals surface area contributed by atoms with E-state index in [0.717, 1.165) is 11.1 Å². The maximum atomic E-state index is 12.9. The summed E-state index contributed by atoms with van der Waals surface area (Å²) in [5.41, 5.74) is 2.93. The Hall–Kier alpha value is -3.60. The van der Waals surface area contributed by atoms with Crippen LogP contribution in [-0.4, -0.2) is 26.5 Å². The van der Waals surface area contributed by atoms with E-state index in [0.29, 0.717) is 27.4 Å². The zero-order valence-electron chi connectivity index (χ0n) is 14.2. The fourth-order valence-electron chi connectivity index (χ4n) is 3.25. The molecule has 4 aromatic rings. The Morgan fingerprint density at radius 3 is 2.85 bits per heavy atom. The molecule has 0 aliphatic heterocycles. The van der Waals surface area contributed by atoms with E-state index in [1.807, 2.05) is 6.07 Å². The average molecular weight is 368 g/mol. The summed E-state index contributed by atoms with van der Waals surface area (Å²) in [5.74, 6) is -0.111. The highest BCUT2D eigenvalue weighted by Crippen LogP contribution is 2.34. The van der Waals surface area contributed by atoms with Crippen molar-refractivity contribution in [2.75, 3.05) is 0 Å². The highest BCUT2D eigenvalue weighted by molar-refractivity contribution is 5.89. The first-order valence-electron chi connectivity index (χ1n) is 8.12. The number of ether oxygens (including phenoxy) is 1. The Morgan fingerprint density at radius 2 is 2.11 bits per heavy atom. The van der Waals surface area contributed by atoms with Crippen LogP contribution in [-0.2, 0) is 6.54 Å². The fourth-order valence-corrected chi connectivity index (χ4v) is 3.25. The third-order valence-electron chi connectivity index (χ3n) is 4.47. The van der Waals surface area contributed by atoms with Gasteiger partial charge in [-0.05, 0) is 42.8 Å². The Bertz CT molecular complexity index is 1200. The number of hydrogen-bond donors (Lipinski definition) is 2. The van der Waals surface area contributed by atoms with Crippen LogP contribution in [0, 0.1) is 18.3 Å². The molecular formula is C19H14F2N4O2. The number of H-pyrrole nitrogens is 1. The average Bonchev–Trinajstić information content (AvgIpc) is 3.23. The summed E-state index contributed by atoms with van der Waals surface area (Å²) in [6.07, 6.45) is 1.71. The number of aryl methyl sites for hydroxylation is 1. The highest BCUT2D eigenvalue weighted by atomic mass is 19.3. The minimum atomic E-state index is -2.97. The summed E-state index contributed by atoms with van der Waals surface area (Å²) in [6.45, 7) is -1.15. The van der Waals surface area contributed by atoms with Crippen LogP contribution < -0.4 is 4.74 Å². The number of benzene rings is 2. The first-order chi connectivity index (χ1) is 13.0. The van der Waals surface area contributed by atoms with E-state index in [-0.39, 0.29) is 18.2 Å². The minimum absolute atomic E-state index is 0.0269. The maximum Gasteiger partial charge on any atom is 0.387 e. The van der Waals surface area contributed by atoms with Gasteiger partial charge >= 0.3 is 6.61 Å². The largest absolute Gasteiger partial charge is 0.493 e. The lowest BCUT2D eigenvalue weighted by molar-refractivity contribution is -0.0504. The van der Waals surface area contributed by atoms with E-state index < -0.39 is 6.61 Å². The van der Waals surface area contributed by atoms with Crippen LogP contribution in [0.2, 0.25) is 0 Å². The van der Waals surface area contributed by atoms with Crippen molar-refractivity contribution in [2.45, 2.75) is 20.1 Å². The molecule has 0 bridgehead atoms. The second kappa shape index (κ2) is 6.29. The monoisotopic (exact) mass is 368 g/mol. The molecular weight excluding hydrogens is 354 g/mol. The summed E-state index contributed by atoms with van der Waals surface area (Å²) < 4.78 is 31.8.